The van der Waals surface area contributed by atoms with E-state index in [1.807, 2.05) is 0 Å². The van der Waals surface area contributed by atoms with Crippen molar-refractivity contribution in [1.29, 1.82) is 0 Å². The molecule has 2 aromatic carbocycles. The standard InChI is InChI=1S/C15H12N2O4/c16-8-4-5-13(17-7-8)21-12-3-1-2-9-10(18)6-11(19)15(20)14(9)12/h1-7,18-20H,16H2. The van der Waals surface area contributed by atoms with Crippen LogP contribution in [0.3, 0.4) is 0 Å². The molecule has 0 radical (unpaired) electrons. The minimum atomic E-state index is -0.429. The van der Waals surface area contributed by atoms with Crippen LogP contribution in [0.5, 0.6) is 28.9 Å². The lowest BCUT2D eigenvalue weighted by molar-refractivity contribution is 0.399. The van der Waals surface area contributed by atoms with Crippen molar-refractivity contribution in [3.05, 3.63) is 42.6 Å². The van der Waals surface area contributed by atoms with Gasteiger partial charge in [0, 0.05) is 17.5 Å². The minimum absolute atomic E-state index is 0.156. The van der Waals surface area contributed by atoms with E-state index in [-0.39, 0.29) is 28.5 Å². The summed E-state index contributed by atoms with van der Waals surface area (Å²) in [5.74, 6) is -0.418. The number of hydrogen-bond donors (Lipinski definition) is 4. The third-order valence-electron chi connectivity index (χ3n) is 3.03. The number of ether oxygens (including phenoxy) is 1. The van der Waals surface area contributed by atoms with Crippen LogP contribution in [0.1, 0.15) is 0 Å². The number of phenols is 3. The number of fused-ring (bicyclic) bond motifs is 1. The van der Waals surface area contributed by atoms with E-state index in [0.717, 1.165) is 6.07 Å². The molecule has 21 heavy (non-hydrogen) atoms. The van der Waals surface area contributed by atoms with Crippen LogP contribution >= 0.6 is 0 Å². The van der Waals surface area contributed by atoms with Crippen molar-refractivity contribution in [3.63, 3.8) is 0 Å². The summed E-state index contributed by atoms with van der Waals surface area (Å²) >= 11 is 0. The fourth-order valence-corrected chi connectivity index (χ4v) is 2.04. The van der Waals surface area contributed by atoms with Crippen LogP contribution in [-0.2, 0) is 0 Å². The number of nitrogen functional groups attached to an aromatic ring is 1. The van der Waals surface area contributed by atoms with E-state index in [9.17, 15) is 15.3 Å². The molecule has 0 fully saturated rings. The molecule has 0 aliphatic carbocycles. The van der Waals surface area contributed by atoms with Gasteiger partial charge in [0.25, 0.3) is 0 Å². The Balaban J connectivity index is 2.16. The molecule has 0 aliphatic rings. The summed E-state index contributed by atoms with van der Waals surface area (Å²) in [5, 5.41) is 30.0. The number of aromatic nitrogens is 1. The smallest absolute Gasteiger partial charge is 0.219 e. The molecule has 0 spiro atoms. The molecule has 0 saturated carbocycles. The Labute approximate surface area is 119 Å². The molecule has 0 saturated heterocycles. The molecule has 0 bridgehead atoms. The second-order valence-electron chi connectivity index (χ2n) is 4.47. The van der Waals surface area contributed by atoms with Gasteiger partial charge in [0.15, 0.2) is 11.5 Å². The quantitative estimate of drug-likeness (QED) is 0.425. The van der Waals surface area contributed by atoms with Gasteiger partial charge in [-0.3, -0.25) is 0 Å². The van der Waals surface area contributed by atoms with Gasteiger partial charge in [-0.1, -0.05) is 12.1 Å². The molecule has 0 aliphatic heterocycles. The van der Waals surface area contributed by atoms with Crippen molar-refractivity contribution < 1.29 is 20.1 Å². The molecule has 0 unspecified atom stereocenters. The molecule has 5 N–H and O–H groups in total. The monoisotopic (exact) mass is 284 g/mol. The number of nitrogens with two attached hydrogens (primary N) is 1. The number of nitrogens with zero attached hydrogens (tertiary/aromatic N) is 1. The maximum atomic E-state index is 10.0. The predicted molar refractivity (Wildman–Crippen MR) is 77.7 cm³/mol. The Morgan fingerprint density at radius 2 is 1.81 bits per heavy atom. The number of phenolic OH excluding ortho intramolecular Hbond substituents is 3. The lowest BCUT2D eigenvalue weighted by Crippen LogP contribution is -1.91. The summed E-state index contributed by atoms with van der Waals surface area (Å²) in [4.78, 5) is 4.00. The second kappa shape index (κ2) is 4.75. The molecule has 0 amide bonds. The van der Waals surface area contributed by atoms with Gasteiger partial charge in [0.05, 0.1) is 17.3 Å². The van der Waals surface area contributed by atoms with Gasteiger partial charge in [-0.25, -0.2) is 4.98 Å². The van der Waals surface area contributed by atoms with E-state index in [0.29, 0.717) is 11.1 Å². The van der Waals surface area contributed by atoms with Gasteiger partial charge >= 0.3 is 0 Å². The summed E-state index contributed by atoms with van der Waals surface area (Å²) in [6.45, 7) is 0. The Hall–Kier alpha value is -3.15. The fraction of sp³-hybridized carbons (Fsp3) is 0. The topological polar surface area (TPSA) is 109 Å². The lowest BCUT2D eigenvalue weighted by atomic mass is 10.1. The van der Waals surface area contributed by atoms with E-state index >= 15 is 0 Å². The first-order valence-corrected chi connectivity index (χ1v) is 6.12. The highest BCUT2D eigenvalue weighted by Crippen LogP contribution is 2.44. The Morgan fingerprint density at radius 1 is 1.00 bits per heavy atom. The largest absolute Gasteiger partial charge is 0.507 e. The zero-order valence-corrected chi connectivity index (χ0v) is 10.8. The van der Waals surface area contributed by atoms with Gasteiger partial charge in [-0.15, -0.1) is 0 Å². The molecule has 6 heteroatoms. The first kappa shape index (κ1) is 12.9. The molecule has 1 heterocycles. The molecule has 6 nitrogen and oxygen atoms in total. The highest BCUT2D eigenvalue weighted by atomic mass is 16.5. The zero-order chi connectivity index (χ0) is 15.0. The van der Waals surface area contributed by atoms with E-state index in [1.165, 1.54) is 6.20 Å². The minimum Gasteiger partial charge on any atom is -0.507 e. The van der Waals surface area contributed by atoms with Gasteiger partial charge in [-0.2, -0.15) is 0 Å². The van der Waals surface area contributed by atoms with Crippen LogP contribution in [-0.4, -0.2) is 20.3 Å². The van der Waals surface area contributed by atoms with E-state index in [2.05, 4.69) is 4.98 Å². The van der Waals surface area contributed by atoms with Crippen molar-refractivity contribution in [2.24, 2.45) is 0 Å². The SMILES string of the molecule is Nc1ccc(Oc2cccc3c(O)cc(O)c(O)c23)nc1. The number of benzene rings is 2. The Morgan fingerprint density at radius 3 is 2.52 bits per heavy atom. The number of hydrogen-bond acceptors (Lipinski definition) is 6. The maximum absolute atomic E-state index is 10.0. The summed E-state index contributed by atoms with van der Waals surface area (Å²) in [6.07, 6.45) is 1.44. The van der Waals surface area contributed by atoms with Gasteiger partial charge in [0.1, 0.15) is 11.5 Å². The third-order valence-corrected chi connectivity index (χ3v) is 3.03. The predicted octanol–water partition coefficient (Wildman–Crippen LogP) is 2.73. The van der Waals surface area contributed by atoms with Crippen LogP contribution < -0.4 is 10.5 Å². The molecule has 3 aromatic rings. The lowest BCUT2D eigenvalue weighted by Gasteiger charge is -2.11. The highest BCUT2D eigenvalue weighted by molar-refractivity contribution is 5.99. The van der Waals surface area contributed by atoms with Crippen LogP contribution in [0.4, 0.5) is 5.69 Å². The van der Waals surface area contributed by atoms with Gasteiger partial charge < -0.3 is 25.8 Å². The number of aromatic hydroxyl groups is 3. The third kappa shape index (κ3) is 2.23. The average Bonchev–Trinajstić information content (AvgIpc) is 2.47. The molecule has 106 valence electrons. The molecular formula is C15H12N2O4. The summed E-state index contributed by atoms with van der Waals surface area (Å²) in [5.41, 5.74) is 6.05. The van der Waals surface area contributed by atoms with Gasteiger partial charge in [-0.05, 0) is 12.1 Å². The van der Waals surface area contributed by atoms with Crippen molar-refractivity contribution >= 4 is 16.5 Å². The van der Waals surface area contributed by atoms with Crippen molar-refractivity contribution in [3.8, 4) is 28.9 Å². The van der Waals surface area contributed by atoms with Crippen molar-refractivity contribution in [2.75, 3.05) is 5.73 Å². The average molecular weight is 284 g/mol. The summed E-state index contributed by atoms with van der Waals surface area (Å²) in [6, 6.07) is 9.14. The van der Waals surface area contributed by atoms with Crippen LogP contribution in [0, 0.1) is 0 Å². The normalized spacial score (nSPS) is 10.7. The van der Waals surface area contributed by atoms with Crippen molar-refractivity contribution in [1.82, 2.24) is 4.98 Å². The van der Waals surface area contributed by atoms with Crippen LogP contribution in [0.15, 0.2) is 42.6 Å². The highest BCUT2D eigenvalue weighted by Gasteiger charge is 2.15. The Bertz CT molecular complexity index is 816. The number of pyridine rings is 1. The Kier molecular flexibility index (Phi) is 2.91. The van der Waals surface area contributed by atoms with Gasteiger partial charge in [0.2, 0.25) is 5.88 Å². The molecule has 0 atom stereocenters. The molecule has 1 aromatic heterocycles. The second-order valence-corrected chi connectivity index (χ2v) is 4.47. The summed E-state index contributed by atoms with van der Waals surface area (Å²) in [7, 11) is 0. The van der Waals surface area contributed by atoms with Crippen LogP contribution in [0.2, 0.25) is 0 Å². The number of rotatable bonds is 2. The first-order valence-electron chi connectivity index (χ1n) is 6.12. The van der Waals surface area contributed by atoms with Crippen LogP contribution in [0.25, 0.3) is 10.8 Å². The zero-order valence-electron chi connectivity index (χ0n) is 10.8. The molecular weight excluding hydrogens is 272 g/mol. The molecule has 3 rings (SSSR count). The maximum Gasteiger partial charge on any atom is 0.219 e. The first-order chi connectivity index (χ1) is 10.1. The van der Waals surface area contributed by atoms with Crippen molar-refractivity contribution in [2.45, 2.75) is 0 Å². The summed E-state index contributed by atoms with van der Waals surface area (Å²) < 4.78 is 5.59. The fourth-order valence-electron chi connectivity index (χ4n) is 2.04. The number of anilines is 1. The van der Waals surface area contributed by atoms with E-state index in [1.54, 1.807) is 30.3 Å². The van der Waals surface area contributed by atoms with E-state index in [4.69, 9.17) is 10.5 Å². The van der Waals surface area contributed by atoms with E-state index < -0.39 is 5.75 Å².